The van der Waals surface area contributed by atoms with Gasteiger partial charge < -0.3 is 20.4 Å². The first kappa shape index (κ1) is 29.4. The van der Waals surface area contributed by atoms with E-state index in [0.29, 0.717) is 0 Å². The van der Waals surface area contributed by atoms with Crippen molar-refractivity contribution >= 4 is 52.5 Å². The van der Waals surface area contributed by atoms with Gasteiger partial charge in [0.2, 0.25) is 0 Å². The SMILES string of the molecule is O=C(O)C(=CC=Cc1cccc2ccccc12)C(=O)O.O=C(O)C(=CC=Cc1ccccc1[N+](=O)[O-])C(=O)O. The molecule has 3 aromatic carbocycles. The summed E-state index contributed by atoms with van der Waals surface area (Å²) in [7, 11) is 0. The second-order valence-electron chi connectivity index (χ2n) is 7.48. The van der Waals surface area contributed by atoms with Crippen LogP contribution in [0.3, 0.4) is 0 Å². The van der Waals surface area contributed by atoms with E-state index in [1.54, 1.807) is 12.1 Å². The number of nitro groups is 1. The number of rotatable bonds is 9. The van der Waals surface area contributed by atoms with Gasteiger partial charge in [0, 0.05) is 6.07 Å². The zero-order valence-electron chi connectivity index (χ0n) is 20.0. The minimum absolute atomic E-state index is 0.153. The van der Waals surface area contributed by atoms with Gasteiger partial charge in [-0.2, -0.15) is 0 Å². The number of nitro benzene ring substituents is 1. The molecule has 0 saturated heterocycles. The molecule has 0 atom stereocenters. The Hall–Kier alpha value is -5.84. The van der Waals surface area contributed by atoms with Gasteiger partial charge in [-0.15, -0.1) is 0 Å². The lowest BCUT2D eigenvalue weighted by molar-refractivity contribution is -0.385. The molecule has 0 aromatic heterocycles. The lowest BCUT2D eigenvalue weighted by Gasteiger charge is -2.01. The molecule has 0 bridgehead atoms. The van der Waals surface area contributed by atoms with Crippen LogP contribution in [0.2, 0.25) is 0 Å². The van der Waals surface area contributed by atoms with Gasteiger partial charge in [0.15, 0.2) is 0 Å². The molecule has 39 heavy (non-hydrogen) atoms. The molecule has 0 amide bonds. The number of para-hydroxylation sites is 1. The molecular weight excluding hydrogens is 510 g/mol. The van der Waals surface area contributed by atoms with Gasteiger partial charge in [0.05, 0.1) is 10.5 Å². The molecule has 3 aromatic rings. The lowest BCUT2D eigenvalue weighted by Crippen LogP contribution is -2.10. The summed E-state index contributed by atoms with van der Waals surface area (Å²) >= 11 is 0. The summed E-state index contributed by atoms with van der Waals surface area (Å²) in [5.74, 6) is -6.08. The number of hydrogen-bond donors (Lipinski definition) is 4. The second kappa shape index (κ2) is 14.0. The highest BCUT2D eigenvalue weighted by Crippen LogP contribution is 2.20. The molecular formula is C28H21NO10. The number of aliphatic carboxylic acids is 4. The van der Waals surface area contributed by atoms with Gasteiger partial charge in [-0.25, -0.2) is 19.2 Å². The lowest BCUT2D eigenvalue weighted by atomic mass is 10.0. The van der Waals surface area contributed by atoms with Gasteiger partial charge in [0.25, 0.3) is 5.69 Å². The van der Waals surface area contributed by atoms with Crippen molar-refractivity contribution in [1.82, 2.24) is 0 Å². The zero-order chi connectivity index (χ0) is 28.9. The van der Waals surface area contributed by atoms with Crippen molar-refractivity contribution in [3.63, 3.8) is 0 Å². The van der Waals surface area contributed by atoms with E-state index >= 15 is 0 Å². The Balaban J connectivity index is 0.000000274. The number of hydrogen-bond acceptors (Lipinski definition) is 6. The summed E-state index contributed by atoms with van der Waals surface area (Å²) in [5, 5.41) is 47.4. The van der Waals surface area contributed by atoms with Crippen molar-refractivity contribution in [2.75, 3.05) is 0 Å². The van der Waals surface area contributed by atoms with Crippen LogP contribution in [0.5, 0.6) is 0 Å². The van der Waals surface area contributed by atoms with Crippen LogP contribution in [0.25, 0.3) is 22.9 Å². The average molecular weight is 531 g/mol. The molecule has 0 heterocycles. The predicted octanol–water partition coefficient (Wildman–Crippen LogP) is 4.65. The summed E-state index contributed by atoms with van der Waals surface area (Å²) in [6, 6.07) is 19.3. The molecule has 0 saturated carbocycles. The molecule has 3 rings (SSSR count). The van der Waals surface area contributed by atoms with Crippen LogP contribution in [-0.2, 0) is 19.2 Å². The fourth-order valence-corrected chi connectivity index (χ4v) is 3.15. The Bertz CT molecular complexity index is 1510. The molecule has 0 fully saturated rings. The van der Waals surface area contributed by atoms with E-state index in [2.05, 4.69) is 0 Å². The summed E-state index contributed by atoms with van der Waals surface area (Å²) in [6.07, 6.45) is 7.46. The number of benzene rings is 3. The molecule has 11 heteroatoms. The quantitative estimate of drug-likeness (QED) is 0.0754. The molecule has 0 aliphatic rings. The summed E-state index contributed by atoms with van der Waals surface area (Å²) in [4.78, 5) is 52.7. The van der Waals surface area contributed by atoms with E-state index in [-0.39, 0.29) is 11.3 Å². The number of fused-ring (bicyclic) bond motifs is 1. The van der Waals surface area contributed by atoms with Crippen LogP contribution >= 0.6 is 0 Å². The van der Waals surface area contributed by atoms with Crippen LogP contribution in [-0.4, -0.2) is 49.2 Å². The Labute approximate surface area is 220 Å². The number of carboxylic acid groups (broad SMARTS) is 4. The van der Waals surface area contributed by atoms with Crippen molar-refractivity contribution in [2.45, 2.75) is 0 Å². The third-order valence-electron chi connectivity index (χ3n) is 4.96. The molecule has 198 valence electrons. The minimum Gasteiger partial charge on any atom is -0.477 e. The number of nitrogens with zero attached hydrogens (tertiary/aromatic N) is 1. The first-order valence-corrected chi connectivity index (χ1v) is 10.9. The van der Waals surface area contributed by atoms with Gasteiger partial charge in [-0.05, 0) is 40.6 Å². The fraction of sp³-hybridized carbons (Fsp3) is 0. The van der Waals surface area contributed by atoms with Crippen LogP contribution in [0.1, 0.15) is 11.1 Å². The average Bonchev–Trinajstić information content (AvgIpc) is 2.88. The van der Waals surface area contributed by atoms with Crippen LogP contribution < -0.4 is 0 Å². The number of carboxylic acids is 4. The number of carbonyl (C=O) groups is 4. The maximum Gasteiger partial charge on any atom is 0.343 e. The predicted molar refractivity (Wildman–Crippen MR) is 142 cm³/mol. The van der Waals surface area contributed by atoms with Gasteiger partial charge in [-0.1, -0.05) is 72.8 Å². The Kier molecular flexibility index (Phi) is 10.6. The highest BCUT2D eigenvalue weighted by Gasteiger charge is 2.15. The van der Waals surface area contributed by atoms with Crippen molar-refractivity contribution in [2.24, 2.45) is 0 Å². The first-order chi connectivity index (χ1) is 18.5. The Morgan fingerprint density at radius 2 is 1.05 bits per heavy atom. The van der Waals surface area contributed by atoms with Crippen LogP contribution in [0.15, 0.2) is 102 Å². The van der Waals surface area contributed by atoms with E-state index < -0.39 is 39.9 Å². The maximum absolute atomic E-state index is 10.7. The molecule has 0 aliphatic carbocycles. The summed E-state index contributed by atoms with van der Waals surface area (Å²) in [5.41, 5.74) is -0.496. The van der Waals surface area contributed by atoms with Crippen molar-refractivity contribution in [3.05, 3.63) is 123 Å². The monoisotopic (exact) mass is 531 g/mol. The van der Waals surface area contributed by atoms with E-state index in [1.807, 2.05) is 42.5 Å². The highest BCUT2D eigenvalue weighted by molar-refractivity contribution is 6.13. The van der Waals surface area contributed by atoms with Crippen LogP contribution in [0, 0.1) is 10.1 Å². The third-order valence-corrected chi connectivity index (χ3v) is 4.96. The van der Waals surface area contributed by atoms with E-state index in [9.17, 15) is 29.3 Å². The van der Waals surface area contributed by atoms with Crippen molar-refractivity contribution in [1.29, 1.82) is 0 Å². The smallest absolute Gasteiger partial charge is 0.343 e. The molecule has 11 nitrogen and oxygen atoms in total. The fourth-order valence-electron chi connectivity index (χ4n) is 3.15. The molecule has 0 radical (unpaired) electrons. The Morgan fingerprint density at radius 1 is 0.615 bits per heavy atom. The number of allylic oxidation sites excluding steroid dienone is 4. The van der Waals surface area contributed by atoms with Gasteiger partial charge >= 0.3 is 23.9 Å². The maximum atomic E-state index is 10.7. The second-order valence-corrected chi connectivity index (χ2v) is 7.48. The molecule has 0 unspecified atom stereocenters. The van der Waals surface area contributed by atoms with Crippen molar-refractivity contribution < 1.29 is 44.5 Å². The van der Waals surface area contributed by atoms with Crippen molar-refractivity contribution in [3.8, 4) is 0 Å². The minimum atomic E-state index is -1.58. The normalized spacial score (nSPS) is 10.4. The Morgan fingerprint density at radius 3 is 1.59 bits per heavy atom. The topological polar surface area (TPSA) is 192 Å². The van der Waals surface area contributed by atoms with E-state index in [4.69, 9.17) is 20.4 Å². The third kappa shape index (κ3) is 8.65. The van der Waals surface area contributed by atoms with Gasteiger partial charge in [0.1, 0.15) is 11.1 Å². The zero-order valence-corrected chi connectivity index (χ0v) is 20.0. The van der Waals surface area contributed by atoms with E-state index in [1.165, 1.54) is 30.4 Å². The first-order valence-electron chi connectivity index (χ1n) is 10.9. The molecule has 0 spiro atoms. The highest BCUT2D eigenvalue weighted by atomic mass is 16.6. The largest absolute Gasteiger partial charge is 0.477 e. The van der Waals surface area contributed by atoms with E-state index in [0.717, 1.165) is 34.6 Å². The molecule has 4 N–H and O–H groups in total. The molecule has 0 aliphatic heterocycles. The summed E-state index contributed by atoms with van der Waals surface area (Å²) in [6.45, 7) is 0. The van der Waals surface area contributed by atoms with Crippen LogP contribution in [0.4, 0.5) is 5.69 Å². The van der Waals surface area contributed by atoms with Gasteiger partial charge in [-0.3, -0.25) is 10.1 Å². The standard InChI is InChI=1S/C16H12O4.C12H9NO6/c17-15(18)14(16(19)20)10-4-8-12-7-3-6-11-5-1-2-9-13(11)12;14-11(15)9(12(16)17)6-3-5-8-4-1-2-7-10(8)13(18)19/h1-10H,(H,17,18)(H,19,20);1-7H,(H,14,15)(H,16,17). The summed E-state index contributed by atoms with van der Waals surface area (Å²) < 4.78 is 0.